The summed E-state index contributed by atoms with van der Waals surface area (Å²) in [5, 5.41) is 18.4. The Kier molecular flexibility index (Phi) is 6.71. The van der Waals surface area contributed by atoms with Crippen molar-refractivity contribution in [1.29, 1.82) is 0 Å². The lowest BCUT2D eigenvalue weighted by Crippen LogP contribution is -2.34. The number of nitrogens with one attached hydrogen (secondary N) is 2. The lowest BCUT2D eigenvalue weighted by atomic mass is 9.93. The number of rotatable bonds is 6. The SMILES string of the molecule is OC1CCC(NCc2ccc(Nc3nsc4c(-c5ccc6c(c5)OCCO6)cccc34)c(Cl)c2)CC1. The van der Waals surface area contributed by atoms with E-state index in [0.29, 0.717) is 24.3 Å². The maximum Gasteiger partial charge on any atom is 0.161 e. The largest absolute Gasteiger partial charge is 0.486 e. The molecule has 2 heterocycles. The van der Waals surface area contributed by atoms with E-state index in [0.717, 1.165) is 82.0 Å². The molecule has 8 heteroatoms. The number of ether oxygens (including phenoxy) is 2. The number of hydrogen-bond donors (Lipinski definition) is 3. The zero-order valence-electron chi connectivity index (χ0n) is 19.8. The molecule has 0 radical (unpaired) electrons. The van der Waals surface area contributed by atoms with Gasteiger partial charge in [0.05, 0.1) is 21.5 Å². The topological polar surface area (TPSA) is 75.6 Å². The Morgan fingerprint density at radius 2 is 1.81 bits per heavy atom. The molecule has 0 saturated heterocycles. The maximum absolute atomic E-state index is 9.70. The summed E-state index contributed by atoms with van der Waals surface area (Å²) in [6.07, 6.45) is 3.64. The standard InChI is InChI=1S/C28H28ClN3O3S/c29-23-14-17(16-30-19-6-8-20(33)9-7-19)4-10-24(23)31-28-22-3-1-2-21(27(22)36-32-28)18-5-11-25-26(15-18)35-13-12-34-25/h1-5,10-11,14-15,19-20,30,33H,6-9,12-13,16H2,(H,31,32). The number of benzene rings is 3. The van der Waals surface area contributed by atoms with Crippen molar-refractivity contribution in [3.8, 4) is 22.6 Å². The number of aliphatic hydroxyl groups is 1. The molecule has 2 aliphatic rings. The van der Waals surface area contributed by atoms with Gasteiger partial charge in [0.25, 0.3) is 0 Å². The second-order valence-corrected chi connectivity index (χ2v) is 10.6. The van der Waals surface area contributed by atoms with Crippen LogP contribution in [0.3, 0.4) is 0 Å². The molecule has 1 saturated carbocycles. The van der Waals surface area contributed by atoms with Crippen molar-refractivity contribution in [1.82, 2.24) is 9.69 Å². The summed E-state index contributed by atoms with van der Waals surface area (Å²) >= 11 is 8.13. The molecule has 186 valence electrons. The number of anilines is 2. The number of fused-ring (bicyclic) bond motifs is 2. The first-order valence-electron chi connectivity index (χ1n) is 12.4. The van der Waals surface area contributed by atoms with E-state index in [1.54, 1.807) is 0 Å². The minimum absolute atomic E-state index is 0.137. The Bertz CT molecular complexity index is 1380. The third-order valence-corrected chi connectivity index (χ3v) is 8.14. The van der Waals surface area contributed by atoms with E-state index >= 15 is 0 Å². The quantitative estimate of drug-likeness (QED) is 0.268. The molecule has 0 unspecified atom stereocenters. The Balaban J connectivity index is 1.19. The smallest absolute Gasteiger partial charge is 0.161 e. The van der Waals surface area contributed by atoms with Crippen molar-refractivity contribution < 1.29 is 14.6 Å². The number of aliphatic hydroxyl groups excluding tert-OH is 1. The zero-order valence-corrected chi connectivity index (χ0v) is 21.4. The van der Waals surface area contributed by atoms with Crippen LogP contribution in [0.5, 0.6) is 11.5 Å². The molecular formula is C28H28ClN3O3S. The highest BCUT2D eigenvalue weighted by Gasteiger charge is 2.19. The number of halogens is 1. The van der Waals surface area contributed by atoms with Crippen molar-refractivity contribution >= 4 is 44.7 Å². The Morgan fingerprint density at radius 3 is 2.64 bits per heavy atom. The molecule has 3 N–H and O–H groups in total. The van der Waals surface area contributed by atoms with Crippen molar-refractivity contribution in [2.45, 2.75) is 44.4 Å². The van der Waals surface area contributed by atoms with Crippen molar-refractivity contribution in [2.24, 2.45) is 0 Å². The Labute approximate surface area is 219 Å². The monoisotopic (exact) mass is 521 g/mol. The zero-order chi connectivity index (χ0) is 24.5. The van der Waals surface area contributed by atoms with Gasteiger partial charge in [-0.3, -0.25) is 0 Å². The minimum Gasteiger partial charge on any atom is -0.486 e. The summed E-state index contributed by atoms with van der Waals surface area (Å²) < 4.78 is 17.3. The normalized spacial score (nSPS) is 19.4. The molecule has 6 rings (SSSR count). The third kappa shape index (κ3) is 4.89. The van der Waals surface area contributed by atoms with Gasteiger partial charge in [-0.2, -0.15) is 4.37 Å². The van der Waals surface area contributed by atoms with Crippen LogP contribution in [-0.4, -0.2) is 34.8 Å². The molecule has 3 aromatic carbocycles. The van der Waals surface area contributed by atoms with Gasteiger partial charge >= 0.3 is 0 Å². The lowest BCUT2D eigenvalue weighted by Gasteiger charge is -2.26. The van der Waals surface area contributed by atoms with Crippen LogP contribution < -0.4 is 20.1 Å². The fourth-order valence-corrected chi connectivity index (χ4v) is 6.05. The van der Waals surface area contributed by atoms with Crippen LogP contribution in [0, 0.1) is 0 Å². The fraction of sp³-hybridized carbons (Fsp3) is 0.321. The lowest BCUT2D eigenvalue weighted by molar-refractivity contribution is 0.116. The van der Waals surface area contributed by atoms with E-state index in [1.165, 1.54) is 11.5 Å². The number of hydrogen-bond acceptors (Lipinski definition) is 7. The van der Waals surface area contributed by atoms with Gasteiger partial charge in [-0.05, 0) is 78.7 Å². The predicted octanol–water partition coefficient (Wildman–Crippen LogP) is 6.52. The van der Waals surface area contributed by atoms with Crippen molar-refractivity contribution in [2.75, 3.05) is 18.5 Å². The Hall–Kier alpha value is -2.84. The van der Waals surface area contributed by atoms with Gasteiger partial charge in [-0.1, -0.05) is 35.9 Å². The first-order chi connectivity index (χ1) is 17.6. The second kappa shape index (κ2) is 10.3. The van der Waals surface area contributed by atoms with E-state index in [1.807, 2.05) is 24.3 Å². The van der Waals surface area contributed by atoms with E-state index in [9.17, 15) is 5.11 Å². The van der Waals surface area contributed by atoms with Crippen LogP contribution in [0.4, 0.5) is 11.5 Å². The van der Waals surface area contributed by atoms with Crippen LogP contribution in [0.2, 0.25) is 5.02 Å². The average Bonchev–Trinajstić information content (AvgIpc) is 3.32. The molecule has 1 aliphatic carbocycles. The summed E-state index contributed by atoms with van der Waals surface area (Å²) in [6.45, 7) is 1.91. The number of aromatic nitrogens is 1. The predicted molar refractivity (Wildman–Crippen MR) is 146 cm³/mol. The maximum atomic E-state index is 9.70. The molecule has 4 aromatic rings. The van der Waals surface area contributed by atoms with E-state index in [-0.39, 0.29) is 6.10 Å². The molecule has 1 aromatic heterocycles. The summed E-state index contributed by atoms with van der Waals surface area (Å²) in [4.78, 5) is 0. The van der Waals surface area contributed by atoms with Crippen molar-refractivity contribution in [3.05, 3.63) is 65.2 Å². The summed E-state index contributed by atoms with van der Waals surface area (Å²) in [5.41, 5.74) is 4.15. The molecule has 36 heavy (non-hydrogen) atoms. The molecular weight excluding hydrogens is 494 g/mol. The van der Waals surface area contributed by atoms with E-state index < -0.39 is 0 Å². The van der Waals surface area contributed by atoms with Crippen LogP contribution in [-0.2, 0) is 6.54 Å². The molecule has 0 atom stereocenters. The second-order valence-electron chi connectivity index (χ2n) is 9.40. The third-order valence-electron chi connectivity index (χ3n) is 6.93. The van der Waals surface area contributed by atoms with E-state index in [4.69, 9.17) is 25.4 Å². The average molecular weight is 522 g/mol. The first kappa shape index (κ1) is 23.6. The van der Waals surface area contributed by atoms with Gasteiger partial charge < -0.3 is 25.2 Å². The summed E-state index contributed by atoms with van der Waals surface area (Å²) in [5.74, 6) is 2.36. The molecule has 0 bridgehead atoms. The highest BCUT2D eigenvalue weighted by Crippen LogP contribution is 2.40. The van der Waals surface area contributed by atoms with Gasteiger partial charge in [0.2, 0.25) is 0 Å². The Morgan fingerprint density at radius 1 is 0.972 bits per heavy atom. The van der Waals surface area contributed by atoms with Crippen LogP contribution in [0.1, 0.15) is 31.2 Å². The first-order valence-corrected chi connectivity index (χ1v) is 13.5. The fourth-order valence-electron chi connectivity index (χ4n) is 4.93. The number of nitrogens with zero attached hydrogens (tertiary/aromatic N) is 1. The van der Waals surface area contributed by atoms with Gasteiger partial charge in [0, 0.05) is 23.5 Å². The van der Waals surface area contributed by atoms with Gasteiger partial charge in [-0.15, -0.1) is 0 Å². The molecule has 0 amide bonds. The van der Waals surface area contributed by atoms with Crippen LogP contribution in [0.25, 0.3) is 21.2 Å². The molecule has 6 nitrogen and oxygen atoms in total. The van der Waals surface area contributed by atoms with Crippen LogP contribution >= 0.6 is 23.1 Å². The summed E-state index contributed by atoms with van der Waals surface area (Å²) in [6, 6.07) is 18.9. The highest BCUT2D eigenvalue weighted by molar-refractivity contribution is 7.14. The summed E-state index contributed by atoms with van der Waals surface area (Å²) in [7, 11) is 0. The van der Waals surface area contributed by atoms with Gasteiger partial charge in [0.1, 0.15) is 13.2 Å². The minimum atomic E-state index is -0.137. The van der Waals surface area contributed by atoms with Crippen molar-refractivity contribution in [3.63, 3.8) is 0 Å². The van der Waals surface area contributed by atoms with Gasteiger partial charge in [-0.25, -0.2) is 0 Å². The van der Waals surface area contributed by atoms with Crippen LogP contribution in [0.15, 0.2) is 54.6 Å². The van der Waals surface area contributed by atoms with E-state index in [2.05, 4.69) is 41.0 Å². The molecule has 1 fully saturated rings. The molecule has 0 spiro atoms. The highest BCUT2D eigenvalue weighted by atomic mass is 35.5. The molecule has 1 aliphatic heterocycles. The van der Waals surface area contributed by atoms with Gasteiger partial charge in [0.15, 0.2) is 17.3 Å².